The summed E-state index contributed by atoms with van der Waals surface area (Å²) >= 11 is 0. The zero-order chi connectivity index (χ0) is 20.3. The van der Waals surface area contributed by atoms with Gasteiger partial charge in [-0.2, -0.15) is 0 Å². The molecule has 1 saturated heterocycles. The van der Waals surface area contributed by atoms with Crippen molar-refractivity contribution in [2.24, 2.45) is 5.92 Å². The van der Waals surface area contributed by atoms with Gasteiger partial charge in [-0.25, -0.2) is 4.39 Å². The van der Waals surface area contributed by atoms with Crippen LogP contribution >= 0.6 is 0 Å². The average Bonchev–Trinajstić information content (AvgIpc) is 3.10. The molecule has 0 radical (unpaired) electrons. The number of carbonyl (C=O) groups excluding carboxylic acids is 2. The molecule has 2 amide bonds. The number of rotatable bonds is 5. The van der Waals surface area contributed by atoms with Crippen LogP contribution in [0.3, 0.4) is 0 Å². The summed E-state index contributed by atoms with van der Waals surface area (Å²) in [6.07, 6.45) is 0.230. The first kappa shape index (κ1) is 19.9. The lowest BCUT2D eigenvalue weighted by atomic mass is 10.0. The monoisotopic (exact) mass is 388 g/mol. The highest BCUT2D eigenvalue weighted by Gasteiger charge is 2.34. The van der Waals surface area contributed by atoms with E-state index >= 15 is 0 Å². The van der Waals surface area contributed by atoms with E-state index in [-0.39, 0.29) is 47.7 Å². The zero-order valence-corrected chi connectivity index (χ0v) is 16.4. The van der Waals surface area contributed by atoms with Crippen LogP contribution < -0.4 is 4.74 Å². The summed E-state index contributed by atoms with van der Waals surface area (Å²) in [4.78, 5) is 29.1. The Morgan fingerprint density at radius 1 is 1.25 bits per heavy atom. The van der Waals surface area contributed by atoms with Crippen LogP contribution in [0.15, 0.2) is 40.8 Å². The molecule has 0 saturated carbocycles. The molecule has 1 atom stereocenters. The molecular weight excluding hydrogens is 363 g/mol. The lowest BCUT2D eigenvalue weighted by Gasteiger charge is -2.34. The second-order valence-electron chi connectivity index (χ2n) is 7.28. The zero-order valence-electron chi connectivity index (χ0n) is 16.4. The van der Waals surface area contributed by atoms with Crippen molar-refractivity contribution >= 4 is 11.8 Å². The molecule has 6 nitrogen and oxygen atoms in total. The number of nitrogens with zero attached hydrogens (tertiary/aromatic N) is 2. The predicted molar refractivity (Wildman–Crippen MR) is 101 cm³/mol. The van der Waals surface area contributed by atoms with Crippen LogP contribution in [-0.4, -0.2) is 47.9 Å². The Morgan fingerprint density at radius 3 is 2.57 bits per heavy atom. The summed E-state index contributed by atoms with van der Waals surface area (Å²) in [6.45, 7) is 5.17. The molecule has 2 aromatic rings. The number of carbonyl (C=O) groups is 2. The van der Waals surface area contributed by atoms with Crippen molar-refractivity contribution in [2.45, 2.75) is 32.9 Å². The van der Waals surface area contributed by atoms with Gasteiger partial charge in [-0.15, -0.1) is 0 Å². The van der Waals surface area contributed by atoms with E-state index in [9.17, 15) is 14.0 Å². The summed E-state index contributed by atoms with van der Waals surface area (Å²) in [5, 5.41) is 0. The molecule has 1 aromatic heterocycles. The number of hydrogen-bond donors (Lipinski definition) is 0. The van der Waals surface area contributed by atoms with E-state index in [1.165, 1.54) is 19.2 Å². The molecule has 150 valence electrons. The molecule has 0 bridgehead atoms. The Bertz CT molecular complexity index is 831. The largest absolute Gasteiger partial charge is 0.468 e. The van der Waals surface area contributed by atoms with Gasteiger partial charge in [0.15, 0.2) is 5.76 Å². The van der Waals surface area contributed by atoms with Gasteiger partial charge in [-0.3, -0.25) is 9.59 Å². The summed E-state index contributed by atoms with van der Waals surface area (Å²) in [5.41, 5.74) is 0.857. The van der Waals surface area contributed by atoms with Crippen LogP contribution in [0.25, 0.3) is 0 Å². The van der Waals surface area contributed by atoms with Gasteiger partial charge in [0.25, 0.3) is 11.9 Å². The van der Waals surface area contributed by atoms with E-state index in [2.05, 4.69) is 0 Å². The Balaban J connectivity index is 1.80. The van der Waals surface area contributed by atoms with Crippen molar-refractivity contribution < 1.29 is 23.1 Å². The number of methoxy groups -OCH3 is 1. The molecule has 0 spiro atoms. The van der Waals surface area contributed by atoms with Gasteiger partial charge in [-0.1, -0.05) is 26.0 Å². The average molecular weight is 388 g/mol. The molecular formula is C21H25FN2O4. The molecule has 1 fully saturated rings. The Hall–Kier alpha value is -2.83. The highest BCUT2D eigenvalue weighted by atomic mass is 19.1. The summed E-state index contributed by atoms with van der Waals surface area (Å²) in [7, 11) is 1.47. The third-order valence-corrected chi connectivity index (χ3v) is 5.04. The van der Waals surface area contributed by atoms with E-state index < -0.39 is 0 Å². The predicted octanol–water partition coefficient (Wildman–Crippen LogP) is 3.33. The maximum absolute atomic E-state index is 13.2. The number of amides is 2. The van der Waals surface area contributed by atoms with Crippen molar-refractivity contribution in [3.63, 3.8) is 0 Å². The molecule has 7 heteroatoms. The fourth-order valence-corrected chi connectivity index (χ4v) is 3.42. The van der Waals surface area contributed by atoms with E-state index in [1.54, 1.807) is 34.1 Å². The number of ether oxygens (including phenoxy) is 1. The van der Waals surface area contributed by atoms with Gasteiger partial charge >= 0.3 is 0 Å². The first-order valence-electron chi connectivity index (χ1n) is 9.36. The molecule has 0 N–H and O–H groups in total. The summed E-state index contributed by atoms with van der Waals surface area (Å²) < 4.78 is 23.6. The number of furan rings is 1. The van der Waals surface area contributed by atoms with Crippen molar-refractivity contribution in [1.29, 1.82) is 0 Å². The van der Waals surface area contributed by atoms with E-state index in [4.69, 9.17) is 9.15 Å². The Morgan fingerprint density at radius 2 is 1.96 bits per heavy atom. The quantitative estimate of drug-likeness (QED) is 0.788. The second-order valence-corrected chi connectivity index (χ2v) is 7.28. The smallest absolute Gasteiger partial charge is 0.289 e. The van der Waals surface area contributed by atoms with Crippen molar-refractivity contribution in [2.75, 3.05) is 20.2 Å². The molecule has 2 heterocycles. The SMILES string of the molecule is COc1ccc(C(=O)N2CCC(=O)N(Cc3ccc(F)cc3)[C@H](C(C)C)C2)o1. The molecule has 1 aromatic carbocycles. The molecule has 0 aliphatic carbocycles. The number of benzene rings is 1. The van der Waals surface area contributed by atoms with E-state index in [0.717, 1.165) is 5.56 Å². The van der Waals surface area contributed by atoms with Gasteiger partial charge < -0.3 is 19.0 Å². The molecule has 1 aliphatic rings. The standard InChI is InChI=1S/C21H25FN2O4/c1-14(2)17-13-23(21(26)18-8-9-20(27-3)28-18)11-10-19(25)24(17)12-15-4-6-16(22)7-5-15/h4-9,14,17H,10-13H2,1-3H3/t17-/m0/s1. The molecule has 1 aliphatic heterocycles. The van der Waals surface area contributed by atoms with Crippen LogP contribution in [-0.2, 0) is 11.3 Å². The molecule has 28 heavy (non-hydrogen) atoms. The van der Waals surface area contributed by atoms with Crippen LogP contribution in [0.1, 0.15) is 36.4 Å². The first-order chi connectivity index (χ1) is 13.4. The van der Waals surface area contributed by atoms with Crippen molar-refractivity contribution in [1.82, 2.24) is 9.80 Å². The Labute approximate surface area is 163 Å². The van der Waals surface area contributed by atoms with Gasteiger partial charge in [0.2, 0.25) is 5.91 Å². The van der Waals surface area contributed by atoms with Crippen LogP contribution in [0.2, 0.25) is 0 Å². The lowest BCUT2D eigenvalue weighted by Crippen LogP contribution is -2.47. The number of hydrogen-bond acceptors (Lipinski definition) is 4. The van der Waals surface area contributed by atoms with Crippen molar-refractivity contribution in [3.05, 3.63) is 53.5 Å². The molecule has 3 rings (SSSR count). The maximum Gasteiger partial charge on any atom is 0.289 e. The second kappa shape index (κ2) is 8.46. The van der Waals surface area contributed by atoms with Crippen LogP contribution in [0.5, 0.6) is 5.95 Å². The fraction of sp³-hybridized carbons (Fsp3) is 0.429. The van der Waals surface area contributed by atoms with E-state index in [1.807, 2.05) is 13.8 Å². The van der Waals surface area contributed by atoms with Gasteiger partial charge in [0.05, 0.1) is 13.2 Å². The highest BCUT2D eigenvalue weighted by Crippen LogP contribution is 2.23. The van der Waals surface area contributed by atoms with Gasteiger partial charge in [0.1, 0.15) is 5.82 Å². The fourth-order valence-electron chi connectivity index (χ4n) is 3.42. The Kier molecular flexibility index (Phi) is 6.02. The third kappa shape index (κ3) is 4.35. The maximum atomic E-state index is 13.2. The molecule has 0 unspecified atom stereocenters. The van der Waals surface area contributed by atoms with Gasteiger partial charge in [-0.05, 0) is 29.7 Å². The van der Waals surface area contributed by atoms with E-state index in [0.29, 0.717) is 19.6 Å². The summed E-state index contributed by atoms with van der Waals surface area (Å²) in [6, 6.07) is 9.17. The van der Waals surface area contributed by atoms with Crippen LogP contribution in [0.4, 0.5) is 4.39 Å². The van der Waals surface area contributed by atoms with Crippen LogP contribution in [0, 0.1) is 11.7 Å². The normalized spacial score (nSPS) is 17.8. The highest BCUT2D eigenvalue weighted by molar-refractivity contribution is 5.92. The third-order valence-electron chi connectivity index (χ3n) is 5.04. The minimum absolute atomic E-state index is 0.0182. The lowest BCUT2D eigenvalue weighted by molar-refractivity contribution is -0.134. The van der Waals surface area contributed by atoms with Gasteiger partial charge in [0, 0.05) is 32.1 Å². The topological polar surface area (TPSA) is 63.0 Å². The number of halogens is 1. The summed E-state index contributed by atoms with van der Waals surface area (Å²) in [5.74, 6) is 0.0213. The first-order valence-corrected chi connectivity index (χ1v) is 9.36. The minimum Gasteiger partial charge on any atom is -0.468 e. The van der Waals surface area contributed by atoms with Crippen molar-refractivity contribution in [3.8, 4) is 5.95 Å². The minimum atomic E-state index is -0.308.